The summed E-state index contributed by atoms with van der Waals surface area (Å²) in [6, 6.07) is 6.64. The van der Waals surface area contributed by atoms with Crippen LogP contribution in [0.5, 0.6) is 0 Å². The van der Waals surface area contributed by atoms with Crippen molar-refractivity contribution in [2.45, 2.75) is 39.8 Å². The minimum absolute atomic E-state index is 0. The Morgan fingerprint density at radius 2 is 2.08 bits per heavy atom. The van der Waals surface area contributed by atoms with Crippen LogP contribution in [0.15, 0.2) is 29.3 Å². The maximum Gasteiger partial charge on any atom is 0.222 e. The van der Waals surface area contributed by atoms with E-state index in [4.69, 9.17) is 0 Å². The molecule has 1 amide bonds. The van der Waals surface area contributed by atoms with Gasteiger partial charge in [0.15, 0.2) is 5.96 Å². The summed E-state index contributed by atoms with van der Waals surface area (Å²) in [5, 5.41) is 6.02. The van der Waals surface area contributed by atoms with Gasteiger partial charge in [0.25, 0.3) is 0 Å². The van der Waals surface area contributed by atoms with Crippen molar-refractivity contribution in [2.24, 2.45) is 4.99 Å². The molecule has 0 unspecified atom stereocenters. The van der Waals surface area contributed by atoms with Crippen LogP contribution < -0.4 is 10.6 Å². The zero-order valence-corrected chi connectivity index (χ0v) is 17.1. The van der Waals surface area contributed by atoms with Crippen LogP contribution in [0.1, 0.15) is 32.8 Å². The molecule has 0 saturated heterocycles. The van der Waals surface area contributed by atoms with Gasteiger partial charge in [0.1, 0.15) is 5.82 Å². The van der Waals surface area contributed by atoms with Crippen molar-refractivity contribution >= 4 is 35.8 Å². The summed E-state index contributed by atoms with van der Waals surface area (Å²) in [4.78, 5) is 18.0. The molecule has 5 nitrogen and oxygen atoms in total. The van der Waals surface area contributed by atoms with Gasteiger partial charge in [-0.25, -0.2) is 4.39 Å². The molecule has 24 heavy (non-hydrogen) atoms. The first-order valence-electron chi connectivity index (χ1n) is 7.95. The molecule has 0 aliphatic carbocycles. The topological polar surface area (TPSA) is 56.7 Å². The van der Waals surface area contributed by atoms with Gasteiger partial charge in [-0.15, -0.1) is 24.0 Å². The number of halogens is 2. The Morgan fingerprint density at radius 1 is 1.38 bits per heavy atom. The van der Waals surface area contributed by atoms with Crippen molar-refractivity contribution in [1.82, 2.24) is 15.5 Å². The Balaban J connectivity index is 0.00000529. The molecule has 0 saturated carbocycles. The predicted octanol–water partition coefficient (Wildman–Crippen LogP) is 2.76. The second-order valence-corrected chi connectivity index (χ2v) is 5.69. The lowest BCUT2D eigenvalue weighted by Gasteiger charge is -2.22. The number of aliphatic imine (C=N–C) groups is 1. The van der Waals surface area contributed by atoms with E-state index in [0.717, 1.165) is 12.1 Å². The SMILES string of the molecule is CCNC(=NCCC(=O)NC(C)C)N(C)Cc1cccc(F)c1.I. The summed E-state index contributed by atoms with van der Waals surface area (Å²) in [5.41, 5.74) is 0.871. The minimum atomic E-state index is -0.247. The molecule has 1 aromatic rings. The number of carbonyl (C=O) groups is 1. The van der Waals surface area contributed by atoms with Crippen LogP contribution in [-0.2, 0) is 11.3 Å². The lowest BCUT2D eigenvalue weighted by molar-refractivity contribution is -0.121. The second kappa shape index (κ2) is 12.0. The number of rotatable bonds is 7. The fourth-order valence-corrected chi connectivity index (χ4v) is 2.11. The molecule has 0 atom stereocenters. The zero-order chi connectivity index (χ0) is 17.2. The van der Waals surface area contributed by atoms with Crippen LogP contribution in [0.4, 0.5) is 4.39 Å². The van der Waals surface area contributed by atoms with Crippen molar-refractivity contribution in [3.8, 4) is 0 Å². The van der Waals surface area contributed by atoms with E-state index in [1.54, 1.807) is 6.07 Å². The van der Waals surface area contributed by atoms with E-state index >= 15 is 0 Å². The second-order valence-electron chi connectivity index (χ2n) is 5.69. The number of benzene rings is 1. The molecule has 0 fully saturated rings. The zero-order valence-electron chi connectivity index (χ0n) is 14.8. The third kappa shape index (κ3) is 9.05. The van der Waals surface area contributed by atoms with Gasteiger partial charge in [-0.2, -0.15) is 0 Å². The molecule has 7 heteroatoms. The Labute approximate surface area is 161 Å². The Morgan fingerprint density at radius 3 is 2.67 bits per heavy atom. The average molecular weight is 450 g/mol. The number of amides is 1. The quantitative estimate of drug-likeness (QED) is 0.382. The van der Waals surface area contributed by atoms with E-state index in [-0.39, 0.29) is 41.7 Å². The Kier molecular flexibility index (Phi) is 11.4. The highest BCUT2D eigenvalue weighted by Crippen LogP contribution is 2.06. The van der Waals surface area contributed by atoms with Gasteiger partial charge in [0, 0.05) is 32.6 Å². The first kappa shape index (κ1) is 22.6. The summed E-state index contributed by atoms with van der Waals surface area (Å²) < 4.78 is 13.3. The molecule has 0 spiro atoms. The predicted molar refractivity (Wildman–Crippen MR) is 107 cm³/mol. The monoisotopic (exact) mass is 450 g/mol. The fourth-order valence-electron chi connectivity index (χ4n) is 2.11. The Bertz CT molecular complexity index is 537. The average Bonchev–Trinajstić information content (AvgIpc) is 2.45. The van der Waals surface area contributed by atoms with Crippen LogP contribution in [0.2, 0.25) is 0 Å². The van der Waals surface area contributed by atoms with Gasteiger partial charge in [-0.1, -0.05) is 12.1 Å². The van der Waals surface area contributed by atoms with Gasteiger partial charge < -0.3 is 15.5 Å². The summed E-state index contributed by atoms with van der Waals surface area (Å²) in [7, 11) is 1.89. The van der Waals surface area contributed by atoms with Crippen LogP contribution in [0.3, 0.4) is 0 Å². The van der Waals surface area contributed by atoms with Crippen molar-refractivity contribution in [3.05, 3.63) is 35.6 Å². The van der Waals surface area contributed by atoms with Crippen molar-refractivity contribution in [2.75, 3.05) is 20.1 Å². The van der Waals surface area contributed by atoms with E-state index in [1.165, 1.54) is 12.1 Å². The molecule has 0 aliphatic rings. The number of guanidine groups is 1. The first-order valence-corrected chi connectivity index (χ1v) is 7.95. The van der Waals surface area contributed by atoms with Gasteiger partial charge in [-0.3, -0.25) is 9.79 Å². The highest BCUT2D eigenvalue weighted by Gasteiger charge is 2.08. The molecule has 2 N–H and O–H groups in total. The molecule has 0 bridgehead atoms. The smallest absolute Gasteiger partial charge is 0.222 e. The van der Waals surface area contributed by atoms with Gasteiger partial charge in [-0.05, 0) is 38.5 Å². The third-order valence-corrected chi connectivity index (χ3v) is 3.06. The van der Waals surface area contributed by atoms with Crippen molar-refractivity contribution in [1.29, 1.82) is 0 Å². The van der Waals surface area contributed by atoms with Crippen LogP contribution in [0, 0.1) is 5.82 Å². The van der Waals surface area contributed by atoms with E-state index in [9.17, 15) is 9.18 Å². The molecule has 136 valence electrons. The molecular weight excluding hydrogens is 422 g/mol. The normalized spacial score (nSPS) is 11.0. The van der Waals surface area contributed by atoms with Crippen LogP contribution in [-0.4, -0.2) is 42.9 Å². The summed E-state index contributed by atoms with van der Waals surface area (Å²) in [5.74, 6) is 0.449. The number of nitrogens with zero attached hydrogens (tertiary/aromatic N) is 2. The number of hydrogen-bond acceptors (Lipinski definition) is 2. The van der Waals surface area contributed by atoms with Crippen molar-refractivity contribution < 1.29 is 9.18 Å². The summed E-state index contributed by atoms with van der Waals surface area (Å²) >= 11 is 0. The van der Waals surface area contributed by atoms with Gasteiger partial charge in [0.05, 0.1) is 6.54 Å². The van der Waals surface area contributed by atoms with E-state index in [2.05, 4.69) is 15.6 Å². The van der Waals surface area contributed by atoms with Gasteiger partial charge >= 0.3 is 0 Å². The van der Waals surface area contributed by atoms with E-state index in [1.807, 2.05) is 38.8 Å². The number of nitrogens with one attached hydrogen (secondary N) is 2. The summed E-state index contributed by atoms with van der Waals surface area (Å²) in [6.45, 7) is 7.52. The highest BCUT2D eigenvalue weighted by atomic mass is 127. The maximum absolute atomic E-state index is 13.3. The Hall–Kier alpha value is -1.38. The standard InChI is InChI=1S/C17H27FN4O.HI/c1-5-19-17(20-10-9-16(23)21-13(2)3)22(4)12-14-7-6-8-15(18)11-14;/h6-8,11,13H,5,9-10,12H2,1-4H3,(H,19,20)(H,21,23);1H. The van der Waals surface area contributed by atoms with Crippen LogP contribution in [0.25, 0.3) is 0 Å². The molecule has 0 aromatic heterocycles. The lowest BCUT2D eigenvalue weighted by atomic mass is 10.2. The molecule has 1 aromatic carbocycles. The lowest BCUT2D eigenvalue weighted by Crippen LogP contribution is -2.39. The maximum atomic E-state index is 13.3. The molecule has 1 rings (SSSR count). The highest BCUT2D eigenvalue weighted by molar-refractivity contribution is 14.0. The fraction of sp³-hybridized carbons (Fsp3) is 0.529. The van der Waals surface area contributed by atoms with E-state index < -0.39 is 0 Å². The van der Waals surface area contributed by atoms with E-state index in [0.29, 0.717) is 25.5 Å². The molecular formula is C17H28FIN4O. The minimum Gasteiger partial charge on any atom is -0.357 e. The largest absolute Gasteiger partial charge is 0.357 e. The molecule has 0 radical (unpaired) electrons. The van der Waals surface area contributed by atoms with Crippen molar-refractivity contribution in [3.63, 3.8) is 0 Å². The van der Waals surface area contributed by atoms with Crippen LogP contribution >= 0.6 is 24.0 Å². The van der Waals surface area contributed by atoms with Gasteiger partial charge in [0.2, 0.25) is 5.91 Å². The molecule has 0 heterocycles. The summed E-state index contributed by atoms with van der Waals surface area (Å²) in [6.07, 6.45) is 0.348. The molecule has 0 aliphatic heterocycles. The number of hydrogen-bond donors (Lipinski definition) is 2. The third-order valence-electron chi connectivity index (χ3n) is 3.06. The first-order chi connectivity index (χ1) is 10.9. The number of carbonyl (C=O) groups excluding carboxylic acids is 1.